The number of rotatable bonds is 4. The molecule has 7 aromatic carbocycles. The Morgan fingerprint density at radius 1 is 0.453 bits per heavy atom. The van der Waals surface area contributed by atoms with E-state index < -0.39 is 5.41 Å². The van der Waals surface area contributed by atoms with Gasteiger partial charge in [0.05, 0.1) is 5.41 Å². The van der Waals surface area contributed by atoms with Gasteiger partial charge in [-0.05, 0) is 127 Å². The maximum absolute atomic E-state index is 2.52. The first kappa shape index (κ1) is 30.4. The first-order valence-corrected chi connectivity index (χ1v) is 19.0. The number of fused-ring (bicyclic) bond motifs is 14. The number of hydrogen-bond donors (Lipinski definition) is 0. The van der Waals surface area contributed by atoms with Crippen LogP contribution in [-0.4, -0.2) is 0 Å². The molecule has 0 heterocycles. The second-order valence-electron chi connectivity index (χ2n) is 15.5. The average molecular weight is 678 g/mol. The highest BCUT2D eigenvalue weighted by molar-refractivity contribution is 6.01. The minimum Gasteiger partial charge on any atom is -0.310 e. The van der Waals surface area contributed by atoms with Gasteiger partial charge >= 0.3 is 0 Å². The minimum absolute atomic E-state index is 0.142. The van der Waals surface area contributed by atoms with Crippen LogP contribution in [0.3, 0.4) is 0 Å². The zero-order chi connectivity index (χ0) is 35.3. The van der Waals surface area contributed by atoms with Crippen molar-refractivity contribution in [3.63, 3.8) is 0 Å². The quantitative estimate of drug-likeness (QED) is 0.179. The molecule has 0 saturated heterocycles. The summed E-state index contributed by atoms with van der Waals surface area (Å²) in [6.07, 6.45) is 9.12. The fourth-order valence-electron chi connectivity index (χ4n) is 10.3. The number of benzene rings is 7. The van der Waals surface area contributed by atoms with E-state index >= 15 is 0 Å². The van der Waals surface area contributed by atoms with E-state index in [2.05, 4.69) is 195 Å². The lowest BCUT2D eigenvalue weighted by molar-refractivity contribution is 0.660. The predicted octanol–water partition coefficient (Wildman–Crippen LogP) is 13.5. The molecule has 53 heavy (non-hydrogen) atoms. The Morgan fingerprint density at radius 3 is 1.72 bits per heavy atom. The van der Waals surface area contributed by atoms with Crippen LogP contribution in [0.25, 0.3) is 39.0 Å². The Balaban J connectivity index is 1.19. The van der Waals surface area contributed by atoms with Gasteiger partial charge in [-0.15, -0.1) is 0 Å². The van der Waals surface area contributed by atoms with Gasteiger partial charge in [-0.1, -0.05) is 153 Å². The van der Waals surface area contributed by atoms with Gasteiger partial charge in [0.1, 0.15) is 0 Å². The SMILES string of the molecule is CC1(C)c2ccccc2-c2ccc3c(c21)-c1ccc(N(c2ccccc2)c2ccc(C4=CCCC=C4)cc2)cc1C31c2ccccc2-c2ccccc21. The zero-order valence-corrected chi connectivity index (χ0v) is 30.1. The molecule has 4 aliphatic rings. The predicted molar refractivity (Wildman–Crippen MR) is 221 cm³/mol. The number of anilines is 3. The van der Waals surface area contributed by atoms with Gasteiger partial charge < -0.3 is 4.90 Å². The summed E-state index contributed by atoms with van der Waals surface area (Å²) in [7, 11) is 0. The first-order chi connectivity index (χ1) is 26.1. The van der Waals surface area contributed by atoms with Crippen molar-refractivity contribution in [2.75, 3.05) is 4.90 Å². The van der Waals surface area contributed by atoms with Crippen LogP contribution in [0.5, 0.6) is 0 Å². The molecule has 0 saturated carbocycles. The van der Waals surface area contributed by atoms with E-state index in [0.29, 0.717) is 0 Å². The van der Waals surface area contributed by atoms with Crippen molar-refractivity contribution in [3.8, 4) is 33.4 Å². The van der Waals surface area contributed by atoms with E-state index in [9.17, 15) is 0 Å². The molecule has 1 nitrogen and oxygen atoms in total. The fourth-order valence-corrected chi connectivity index (χ4v) is 10.3. The molecule has 1 heteroatoms. The molecule has 0 amide bonds. The molecule has 0 aliphatic heterocycles. The van der Waals surface area contributed by atoms with Crippen molar-refractivity contribution in [1.82, 2.24) is 0 Å². The van der Waals surface area contributed by atoms with Crippen molar-refractivity contribution in [2.45, 2.75) is 37.5 Å². The Hall–Kier alpha value is -6.18. The van der Waals surface area contributed by atoms with Crippen LogP contribution in [0.15, 0.2) is 176 Å². The monoisotopic (exact) mass is 677 g/mol. The molecular formula is C52H39N. The Bertz CT molecular complexity index is 2640. The third-order valence-corrected chi connectivity index (χ3v) is 12.5. The first-order valence-electron chi connectivity index (χ1n) is 19.0. The topological polar surface area (TPSA) is 3.24 Å². The van der Waals surface area contributed by atoms with E-state index in [-0.39, 0.29) is 5.41 Å². The summed E-state index contributed by atoms with van der Waals surface area (Å²) >= 11 is 0. The molecule has 0 bridgehead atoms. The summed E-state index contributed by atoms with van der Waals surface area (Å²) in [4.78, 5) is 2.43. The lowest BCUT2D eigenvalue weighted by Gasteiger charge is -2.32. The van der Waals surface area contributed by atoms with E-state index in [1.807, 2.05) is 0 Å². The van der Waals surface area contributed by atoms with Crippen LogP contribution in [0.2, 0.25) is 0 Å². The average Bonchev–Trinajstić information content (AvgIpc) is 3.77. The summed E-state index contributed by atoms with van der Waals surface area (Å²) < 4.78 is 0. The summed E-state index contributed by atoms with van der Waals surface area (Å²) in [5.41, 5.74) is 21.9. The molecule has 0 radical (unpaired) electrons. The summed E-state index contributed by atoms with van der Waals surface area (Å²) in [6, 6.07) is 59.5. The Morgan fingerprint density at radius 2 is 1.04 bits per heavy atom. The maximum Gasteiger partial charge on any atom is 0.0726 e. The molecule has 252 valence electrons. The molecule has 4 aliphatic carbocycles. The van der Waals surface area contributed by atoms with Gasteiger partial charge in [-0.25, -0.2) is 0 Å². The Labute approximate surface area is 312 Å². The van der Waals surface area contributed by atoms with Gasteiger partial charge in [-0.3, -0.25) is 0 Å². The van der Waals surface area contributed by atoms with Gasteiger partial charge in [0.15, 0.2) is 0 Å². The van der Waals surface area contributed by atoms with Crippen LogP contribution in [-0.2, 0) is 10.8 Å². The Kier molecular flexibility index (Phi) is 6.41. The highest BCUT2D eigenvalue weighted by atomic mass is 15.1. The van der Waals surface area contributed by atoms with E-state index in [1.54, 1.807) is 0 Å². The molecule has 11 rings (SSSR count). The third kappa shape index (κ3) is 4.08. The molecule has 0 unspecified atom stereocenters. The van der Waals surface area contributed by atoms with E-state index in [4.69, 9.17) is 0 Å². The summed E-state index contributed by atoms with van der Waals surface area (Å²) in [6.45, 7) is 4.85. The van der Waals surface area contributed by atoms with E-state index in [1.165, 1.54) is 77.9 Å². The minimum atomic E-state index is -0.445. The second kappa shape index (κ2) is 11.2. The van der Waals surface area contributed by atoms with Crippen LogP contribution in [0.1, 0.15) is 65.6 Å². The number of hydrogen-bond acceptors (Lipinski definition) is 1. The zero-order valence-electron chi connectivity index (χ0n) is 30.1. The molecule has 0 aromatic heterocycles. The van der Waals surface area contributed by atoms with Crippen molar-refractivity contribution < 1.29 is 0 Å². The van der Waals surface area contributed by atoms with Gasteiger partial charge in [0.2, 0.25) is 0 Å². The second-order valence-corrected chi connectivity index (χ2v) is 15.5. The van der Waals surface area contributed by atoms with Gasteiger partial charge in [0.25, 0.3) is 0 Å². The largest absolute Gasteiger partial charge is 0.310 e. The highest BCUT2D eigenvalue weighted by Gasteiger charge is 2.54. The standard InChI is InChI=1S/C52H39N/c1-51(2)44-22-12-9-21-41(44)42-31-32-47-49(50(42)51)43-30-29-38(33-48(43)52(47)45-23-13-10-19-39(45)40-20-11-14-24-46(40)52)53(36-17-7-4-8-18-36)37-27-25-35(26-28-37)34-15-5-3-6-16-34/h4-5,7-33H,3,6H2,1-2H3. The maximum atomic E-state index is 2.52. The van der Waals surface area contributed by atoms with Crippen molar-refractivity contribution in [3.05, 3.63) is 215 Å². The van der Waals surface area contributed by atoms with Crippen molar-refractivity contribution >= 4 is 22.6 Å². The molecule has 7 aromatic rings. The smallest absolute Gasteiger partial charge is 0.0726 e. The highest BCUT2D eigenvalue weighted by Crippen LogP contribution is 2.66. The summed E-state index contributed by atoms with van der Waals surface area (Å²) in [5.74, 6) is 0. The van der Waals surface area contributed by atoms with E-state index in [0.717, 1.165) is 29.9 Å². The molecule has 0 atom stereocenters. The van der Waals surface area contributed by atoms with Crippen LogP contribution >= 0.6 is 0 Å². The lowest BCUT2D eigenvalue weighted by atomic mass is 9.69. The molecule has 0 fully saturated rings. The molecular weight excluding hydrogens is 639 g/mol. The van der Waals surface area contributed by atoms with Crippen molar-refractivity contribution in [1.29, 1.82) is 0 Å². The van der Waals surface area contributed by atoms with Gasteiger partial charge in [0, 0.05) is 22.5 Å². The van der Waals surface area contributed by atoms with Crippen LogP contribution in [0, 0.1) is 0 Å². The third-order valence-electron chi connectivity index (χ3n) is 12.5. The molecule has 1 spiro atoms. The number of nitrogens with zero attached hydrogens (tertiary/aromatic N) is 1. The summed E-state index contributed by atoms with van der Waals surface area (Å²) in [5, 5.41) is 0. The molecule has 0 N–H and O–H groups in total. The lowest BCUT2D eigenvalue weighted by Crippen LogP contribution is -2.26. The number of allylic oxidation sites excluding steroid dienone is 4. The fraction of sp³-hybridized carbons (Fsp3) is 0.115. The van der Waals surface area contributed by atoms with Crippen molar-refractivity contribution in [2.24, 2.45) is 0 Å². The van der Waals surface area contributed by atoms with Crippen LogP contribution in [0.4, 0.5) is 17.1 Å². The normalized spacial score (nSPS) is 15.9. The van der Waals surface area contributed by atoms with Crippen LogP contribution < -0.4 is 4.90 Å². The number of para-hydroxylation sites is 1. The van der Waals surface area contributed by atoms with Gasteiger partial charge in [-0.2, -0.15) is 0 Å².